The summed E-state index contributed by atoms with van der Waals surface area (Å²) in [4.78, 5) is 4.43. The molecular formula is C20H20N4O3. The molecule has 1 aliphatic carbocycles. The average molecular weight is 364 g/mol. The van der Waals surface area contributed by atoms with Crippen LogP contribution in [0.2, 0.25) is 0 Å². The van der Waals surface area contributed by atoms with Gasteiger partial charge < -0.3 is 14.2 Å². The molecule has 0 amide bonds. The lowest BCUT2D eigenvalue weighted by atomic mass is 9.94. The first-order valence-corrected chi connectivity index (χ1v) is 8.57. The maximum Gasteiger partial charge on any atom is 0.166 e. The standard InChI is InChI=1S/C20H20N4O3/c1-25-16-10-14(11-17(26-2)20(16)27-3)19-18(22-24-23-19)13-7-6-12-5-4-8-21-15(12)9-13/h4-10,17H,11H2,1-3H3,(H,22,23,24). The molecule has 2 aromatic heterocycles. The minimum Gasteiger partial charge on any atom is -0.494 e. The molecule has 2 heterocycles. The van der Waals surface area contributed by atoms with Gasteiger partial charge in [-0.05, 0) is 23.8 Å². The van der Waals surface area contributed by atoms with Crippen LogP contribution in [0.5, 0.6) is 0 Å². The molecule has 27 heavy (non-hydrogen) atoms. The van der Waals surface area contributed by atoms with E-state index < -0.39 is 0 Å². The number of hydrogen-bond acceptors (Lipinski definition) is 6. The second-order valence-corrected chi connectivity index (χ2v) is 6.17. The van der Waals surface area contributed by atoms with Gasteiger partial charge in [0.05, 0.1) is 19.7 Å². The summed E-state index contributed by atoms with van der Waals surface area (Å²) in [5.41, 5.74) is 4.34. The summed E-state index contributed by atoms with van der Waals surface area (Å²) in [5.74, 6) is 1.29. The summed E-state index contributed by atoms with van der Waals surface area (Å²) in [6.07, 6.45) is 4.07. The normalized spacial score (nSPS) is 17.1. The van der Waals surface area contributed by atoms with Crippen molar-refractivity contribution in [2.45, 2.75) is 12.5 Å². The van der Waals surface area contributed by atoms with E-state index >= 15 is 0 Å². The fraction of sp³-hybridized carbons (Fsp3) is 0.250. The van der Waals surface area contributed by atoms with Crippen LogP contribution in [-0.2, 0) is 14.2 Å². The minimum absolute atomic E-state index is 0.243. The Morgan fingerprint density at radius 1 is 1.04 bits per heavy atom. The lowest BCUT2D eigenvalue weighted by Crippen LogP contribution is -2.21. The first kappa shape index (κ1) is 17.2. The third-order valence-electron chi connectivity index (χ3n) is 4.70. The van der Waals surface area contributed by atoms with Crippen LogP contribution in [0.3, 0.4) is 0 Å². The van der Waals surface area contributed by atoms with Crippen molar-refractivity contribution in [2.24, 2.45) is 0 Å². The predicted molar refractivity (Wildman–Crippen MR) is 102 cm³/mol. The van der Waals surface area contributed by atoms with Crippen molar-refractivity contribution in [1.29, 1.82) is 0 Å². The molecule has 0 saturated heterocycles. The van der Waals surface area contributed by atoms with Crippen LogP contribution in [0, 0.1) is 0 Å². The van der Waals surface area contributed by atoms with E-state index in [1.165, 1.54) is 0 Å². The number of rotatable bonds is 5. The van der Waals surface area contributed by atoms with E-state index in [0.717, 1.165) is 33.4 Å². The summed E-state index contributed by atoms with van der Waals surface area (Å²) < 4.78 is 16.5. The molecule has 0 spiro atoms. The van der Waals surface area contributed by atoms with Crippen molar-refractivity contribution < 1.29 is 14.2 Å². The summed E-state index contributed by atoms with van der Waals surface area (Å²) in [7, 11) is 4.88. The molecule has 1 aromatic carbocycles. The molecule has 1 unspecified atom stereocenters. The summed E-state index contributed by atoms with van der Waals surface area (Å²) >= 11 is 0. The number of nitrogens with one attached hydrogen (secondary N) is 1. The summed E-state index contributed by atoms with van der Waals surface area (Å²) in [6, 6.07) is 10.0. The molecule has 0 aliphatic heterocycles. The zero-order valence-electron chi connectivity index (χ0n) is 15.4. The number of aromatic nitrogens is 4. The third kappa shape index (κ3) is 3.06. The van der Waals surface area contributed by atoms with Gasteiger partial charge in [0.1, 0.15) is 17.5 Å². The van der Waals surface area contributed by atoms with E-state index in [0.29, 0.717) is 17.9 Å². The van der Waals surface area contributed by atoms with Crippen LogP contribution in [0.1, 0.15) is 12.1 Å². The van der Waals surface area contributed by atoms with Gasteiger partial charge in [-0.15, -0.1) is 0 Å². The van der Waals surface area contributed by atoms with E-state index in [4.69, 9.17) is 14.2 Å². The van der Waals surface area contributed by atoms with Crippen molar-refractivity contribution in [3.05, 3.63) is 59.8 Å². The number of nitrogens with zero attached hydrogens (tertiary/aromatic N) is 3. The number of benzene rings is 1. The Balaban J connectivity index is 1.79. The maximum absolute atomic E-state index is 5.59. The van der Waals surface area contributed by atoms with E-state index in [2.05, 4.69) is 20.4 Å². The highest BCUT2D eigenvalue weighted by atomic mass is 16.5. The van der Waals surface area contributed by atoms with Crippen LogP contribution in [0.25, 0.3) is 27.7 Å². The van der Waals surface area contributed by atoms with Gasteiger partial charge in [0.2, 0.25) is 0 Å². The molecule has 1 aliphatic rings. The van der Waals surface area contributed by atoms with Crippen molar-refractivity contribution in [1.82, 2.24) is 20.4 Å². The number of fused-ring (bicyclic) bond motifs is 1. The van der Waals surface area contributed by atoms with E-state index in [1.807, 2.05) is 36.4 Å². The first-order valence-electron chi connectivity index (χ1n) is 8.57. The largest absolute Gasteiger partial charge is 0.494 e. The van der Waals surface area contributed by atoms with Crippen LogP contribution in [0.15, 0.2) is 54.1 Å². The van der Waals surface area contributed by atoms with Gasteiger partial charge in [0.25, 0.3) is 0 Å². The number of allylic oxidation sites excluding steroid dienone is 1. The van der Waals surface area contributed by atoms with Crippen molar-refractivity contribution in [3.63, 3.8) is 0 Å². The molecule has 7 nitrogen and oxygen atoms in total. The molecule has 4 rings (SSSR count). The van der Waals surface area contributed by atoms with Gasteiger partial charge in [-0.1, -0.05) is 18.2 Å². The number of pyridine rings is 1. The van der Waals surface area contributed by atoms with Gasteiger partial charge in [0.15, 0.2) is 11.5 Å². The van der Waals surface area contributed by atoms with Gasteiger partial charge in [-0.2, -0.15) is 15.4 Å². The molecule has 0 radical (unpaired) electrons. The Morgan fingerprint density at radius 2 is 1.89 bits per heavy atom. The number of aromatic amines is 1. The smallest absolute Gasteiger partial charge is 0.166 e. The highest BCUT2D eigenvalue weighted by molar-refractivity contribution is 5.86. The number of H-pyrrole nitrogens is 1. The van der Waals surface area contributed by atoms with Crippen LogP contribution in [0.4, 0.5) is 0 Å². The first-order chi connectivity index (χ1) is 13.2. The van der Waals surface area contributed by atoms with Crippen LogP contribution < -0.4 is 0 Å². The average Bonchev–Trinajstić information content (AvgIpc) is 3.22. The Bertz CT molecular complexity index is 1040. The lowest BCUT2D eigenvalue weighted by molar-refractivity contribution is 0.0692. The minimum atomic E-state index is -0.243. The zero-order chi connectivity index (χ0) is 18.8. The topological polar surface area (TPSA) is 82.1 Å². The monoisotopic (exact) mass is 364 g/mol. The molecule has 138 valence electrons. The van der Waals surface area contributed by atoms with E-state index in [1.54, 1.807) is 27.5 Å². The second kappa shape index (κ2) is 7.20. The molecule has 7 heteroatoms. The van der Waals surface area contributed by atoms with Gasteiger partial charge in [0, 0.05) is 30.7 Å². The number of hydrogen-bond donors (Lipinski definition) is 1. The number of methoxy groups -OCH3 is 3. The molecule has 1 N–H and O–H groups in total. The Hall–Kier alpha value is -3.19. The van der Waals surface area contributed by atoms with Crippen LogP contribution >= 0.6 is 0 Å². The van der Waals surface area contributed by atoms with Crippen molar-refractivity contribution >= 4 is 16.5 Å². The maximum atomic E-state index is 5.59. The SMILES string of the molecule is COC1=C(OC)C(OC)CC(c2n[nH]nc2-c2ccc3cccnc3c2)=C1. The summed E-state index contributed by atoms with van der Waals surface area (Å²) in [5, 5.41) is 12.6. The van der Waals surface area contributed by atoms with Gasteiger partial charge >= 0.3 is 0 Å². The Labute approximate surface area is 156 Å². The van der Waals surface area contributed by atoms with E-state index in [-0.39, 0.29) is 6.10 Å². The third-order valence-corrected chi connectivity index (χ3v) is 4.70. The second-order valence-electron chi connectivity index (χ2n) is 6.17. The lowest BCUT2D eigenvalue weighted by Gasteiger charge is -2.25. The van der Waals surface area contributed by atoms with Crippen LogP contribution in [-0.4, -0.2) is 47.8 Å². The summed E-state index contributed by atoms with van der Waals surface area (Å²) in [6.45, 7) is 0. The van der Waals surface area contributed by atoms with Gasteiger partial charge in [-0.3, -0.25) is 4.98 Å². The fourth-order valence-corrected chi connectivity index (χ4v) is 3.36. The highest BCUT2D eigenvalue weighted by Crippen LogP contribution is 2.36. The zero-order valence-corrected chi connectivity index (χ0v) is 15.4. The number of ether oxygens (including phenoxy) is 3. The molecule has 0 saturated carbocycles. The van der Waals surface area contributed by atoms with Crippen molar-refractivity contribution in [2.75, 3.05) is 21.3 Å². The Morgan fingerprint density at radius 3 is 2.67 bits per heavy atom. The molecule has 1 atom stereocenters. The fourth-order valence-electron chi connectivity index (χ4n) is 3.36. The van der Waals surface area contributed by atoms with E-state index in [9.17, 15) is 0 Å². The Kier molecular flexibility index (Phi) is 4.60. The molecular weight excluding hydrogens is 344 g/mol. The quantitative estimate of drug-likeness (QED) is 0.748. The van der Waals surface area contributed by atoms with Gasteiger partial charge in [-0.25, -0.2) is 0 Å². The highest BCUT2D eigenvalue weighted by Gasteiger charge is 2.29. The predicted octanol–water partition coefficient (Wildman–Crippen LogP) is 3.33. The molecule has 0 fully saturated rings. The van der Waals surface area contributed by atoms with Crippen molar-refractivity contribution in [3.8, 4) is 11.3 Å². The molecule has 0 bridgehead atoms. The molecule has 3 aromatic rings.